The molecule has 82 valence electrons. The van der Waals surface area contributed by atoms with E-state index in [1.54, 1.807) is 0 Å². The lowest BCUT2D eigenvalue weighted by atomic mass is 10.2. The van der Waals surface area contributed by atoms with Crippen molar-refractivity contribution in [3.63, 3.8) is 0 Å². The highest BCUT2D eigenvalue weighted by Gasteiger charge is 2.15. The average molecular weight is 336 g/mol. The predicted molar refractivity (Wildman–Crippen MR) is 67.4 cm³/mol. The molecule has 4 heteroatoms. The monoisotopic (exact) mass is 334 g/mol. The van der Waals surface area contributed by atoms with Gasteiger partial charge in [0.1, 0.15) is 11.4 Å². The Bertz CT molecular complexity index is 301. The van der Waals surface area contributed by atoms with E-state index < -0.39 is 0 Å². The van der Waals surface area contributed by atoms with E-state index in [1.807, 2.05) is 30.3 Å². The Morgan fingerprint density at radius 3 is 2.60 bits per heavy atom. The molecule has 0 unspecified atom stereocenters. The number of benzene rings is 1. The van der Waals surface area contributed by atoms with Crippen LogP contribution in [0.5, 0.6) is 0 Å². The fourth-order valence-electron chi connectivity index (χ4n) is 1.03. The molecule has 0 fully saturated rings. The van der Waals surface area contributed by atoms with Crippen molar-refractivity contribution in [2.24, 2.45) is 0 Å². The van der Waals surface area contributed by atoms with Crippen LogP contribution in [0.15, 0.2) is 30.3 Å². The number of carbonyl (C=O) groups excluding carboxylic acids is 1. The molecule has 0 aliphatic heterocycles. The van der Waals surface area contributed by atoms with Crippen molar-refractivity contribution in [1.82, 2.24) is 0 Å². The van der Waals surface area contributed by atoms with Gasteiger partial charge >= 0.3 is 5.97 Å². The molecule has 0 aromatic heterocycles. The molecule has 0 bridgehead atoms. The molecule has 0 aliphatic rings. The van der Waals surface area contributed by atoms with E-state index in [9.17, 15) is 4.79 Å². The molecular weight excluding hydrogens is 324 g/mol. The van der Waals surface area contributed by atoms with Gasteiger partial charge < -0.3 is 4.74 Å². The van der Waals surface area contributed by atoms with E-state index >= 15 is 0 Å². The quantitative estimate of drug-likeness (QED) is 0.609. The number of hydrogen-bond donors (Lipinski definition) is 0. The molecule has 15 heavy (non-hydrogen) atoms. The summed E-state index contributed by atoms with van der Waals surface area (Å²) in [7, 11) is 0. The lowest BCUT2D eigenvalue weighted by molar-refractivity contribution is -0.144. The summed E-state index contributed by atoms with van der Waals surface area (Å²) in [5, 5.41) is 0.781. The highest BCUT2D eigenvalue weighted by Crippen LogP contribution is 2.10. The second-order valence-electron chi connectivity index (χ2n) is 3.04. The van der Waals surface area contributed by atoms with Gasteiger partial charge in [-0.3, -0.25) is 4.79 Å². The summed E-state index contributed by atoms with van der Waals surface area (Å²) in [5.74, 6) is -0.210. The van der Waals surface area contributed by atoms with Crippen molar-refractivity contribution in [3.8, 4) is 0 Å². The number of carbonyl (C=O) groups is 1. The van der Waals surface area contributed by atoms with Crippen LogP contribution in [0.2, 0.25) is 0 Å². The summed E-state index contributed by atoms with van der Waals surface area (Å²) < 4.78 is 5.14. The zero-order valence-corrected chi connectivity index (χ0v) is 11.3. The topological polar surface area (TPSA) is 26.3 Å². The lowest BCUT2D eigenvalue weighted by Crippen LogP contribution is -2.17. The number of rotatable bonds is 5. The molecule has 1 aromatic carbocycles. The molecule has 0 saturated heterocycles. The van der Waals surface area contributed by atoms with Crippen molar-refractivity contribution in [2.75, 3.05) is 5.33 Å². The Hall–Kier alpha value is -0.350. The van der Waals surface area contributed by atoms with Gasteiger partial charge in [0.15, 0.2) is 0 Å². The van der Waals surface area contributed by atoms with Gasteiger partial charge in [-0.05, 0) is 12.0 Å². The molecule has 1 rings (SSSR count). The lowest BCUT2D eigenvalue weighted by Gasteiger charge is -2.08. The molecule has 0 N–H and O–H groups in total. The maximum absolute atomic E-state index is 11.4. The summed E-state index contributed by atoms with van der Waals surface area (Å²) >= 11 is 6.55. The zero-order chi connectivity index (χ0) is 11.1. The molecule has 1 aromatic rings. The summed E-state index contributed by atoms with van der Waals surface area (Å²) in [6.07, 6.45) is 0.730. The first-order valence-corrected chi connectivity index (χ1v) is 6.68. The van der Waals surface area contributed by atoms with Gasteiger partial charge in [-0.15, -0.1) is 0 Å². The Morgan fingerprint density at radius 1 is 1.33 bits per heavy atom. The van der Waals surface area contributed by atoms with Gasteiger partial charge in [-0.2, -0.15) is 0 Å². The average Bonchev–Trinajstić information content (AvgIpc) is 2.27. The van der Waals surface area contributed by atoms with Gasteiger partial charge in [-0.1, -0.05) is 62.2 Å². The summed E-state index contributed by atoms with van der Waals surface area (Å²) in [5.41, 5.74) is 1.00. The maximum atomic E-state index is 11.4. The third-order valence-electron chi connectivity index (χ3n) is 1.84. The molecule has 0 aliphatic carbocycles. The van der Waals surface area contributed by atoms with Crippen LogP contribution in [0.3, 0.4) is 0 Å². The Kier molecular flexibility index (Phi) is 5.95. The van der Waals surface area contributed by atoms with Gasteiger partial charge in [0.25, 0.3) is 0 Å². The van der Waals surface area contributed by atoms with Gasteiger partial charge in [-0.25, -0.2) is 0 Å². The van der Waals surface area contributed by atoms with Crippen molar-refractivity contribution in [2.45, 2.75) is 17.9 Å². The maximum Gasteiger partial charge on any atom is 0.320 e. The number of ether oxygens (including phenoxy) is 1. The Balaban J connectivity index is 2.34. The first-order valence-electron chi connectivity index (χ1n) is 4.64. The summed E-state index contributed by atoms with van der Waals surface area (Å²) in [6.45, 7) is 0.337. The second-order valence-corrected chi connectivity index (χ2v) is 4.94. The van der Waals surface area contributed by atoms with E-state index in [1.165, 1.54) is 0 Å². The second kappa shape index (κ2) is 7.01. The summed E-state index contributed by atoms with van der Waals surface area (Å²) in [6, 6.07) is 9.64. The standard InChI is InChI=1S/C11H12Br2O2/c12-7-6-10(13)11(14)15-8-9-4-2-1-3-5-9/h1-5,10H,6-8H2/t10-/m0/s1. The third kappa shape index (κ3) is 4.80. The fraction of sp³-hybridized carbons (Fsp3) is 0.364. The number of esters is 1. The molecule has 0 heterocycles. The van der Waals surface area contributed by atoms with Crippen LogP contribution in [0.25, 0.3) is 0 Å². The molecule has 0 amide bonds. The molecule has 2 nitrogen and oxygen atoms in total. The number of hydrogen-bond acceptors (Lipinski definition) is 2. The first kappa shape index (κ1) is 12.7. The van der Waals surface area contributed by atoms with E-state index in [4.69, 9.17) is 4.74 Å². The van der Waals surface area contributed by atoms with E-state index in [0.717, 1.165) is 17.3 Å². The van der Waals surface area contributed by atoms with E-state index in [0.29, 0.717) is 6.61 Å². The van der Waals surface area contributed by atoms with Crippen LogP contribution in [-0.4, -0.2) is 16.1 Å². The highest BCUT2D eigenvalue weighted by molar-refractivity contribution is 9.10. The van der Waals surface area contributed by atoms with Gasteiger partial charge in [0.2, 0.25) is 0 Å². The minimum atomic E-state index is -0.222. The van der Waals surface area contributed by atoms with Gasteiger partial charge in [0, 0.05) is 5.33 Å². The number of alkyl halides is 2. The molecule has 0 saturated carbocycles. The van der Waals surface area contributed by atoms with Gasteiger partial charge in [0.05, 0.1) is 0 Å². The minimum Gasteiger partial charge on any atom is -0.460 e. The smallest absolute Gasteiger partial charge is 0.320 e. The van der Waals surface area contributed by atoms with E-state index in [2.05, 4.69) is 31.9 Å². The molecular formula is C11H12Br2O2. The van der Waals surface area contributed by atoms with Crippen LogP contribution in [0.4, 0.5) is 0 Å². The normalized spacial score (nSPS) is 12.1. The van der Waals surface area contributed by atoms with Crippen LogP contribution < -0.4 is 0 Å². The predicted octanol–water partition coefficient (Wildman–Crippen LogP) is 3.28. The molecule has 0 spiro atoms. The van der Waals surface area contributed by atoms with Crippen molar-refractivity contribution in [1.29, 1.82) is 0 Å². The SMILES string of the molecule is O=C(OCc1ccccc1)[C@@H](Br)CCBr. The van der Waals surface area contributed by atoms with Crippen LogP contribution in [0.1, 0.15) is 12.0 Å². The third-order valence-corrected chi connectivity index (χ3v) is 3.13. The molecule has 0 radical (unpaired) electrons. The van der Waals surface area contributed by atoms with E-state index in [-0.39, 0.29) is 10.8 Å². The van der Waals surface area contributed by atoms with Crippen molar-refractivity contribution >= 4 is 37.8 Å². The largest absolute Gasteiger partial charge is 0.460 e. The number of halogens is 2. The minimum absolute atomic E-state index is 0.210. The first-order chi connectivity index (χ1) is 7.24. The molecule has 1 atom stereocenters. The Morgan fingerprint density at radius 2 is 2.00 bits per heavy atom. The zero-order valence-electron chi connectivity index (χ0n) is 8.16. The van der Waals surface area contributed by atoms with Crippen molar-refractivity contribution in [3.05, 3.63) is 35.9 Å². The fourth-order valence-corrected chi connectivity index (χ4v) is 2.47. The highest BCUT2D eigenvalue weighted by atomic mass is 79.9. The van der Waals surface area contributed by atoms with Crippen LogP contribution in [0, 0.1) is 0 Å². The van der Waals surface area contributed by atoms with Crippen molar-refractivity contribution < 1.29 is 9.53 Å². The Labute approximate surface area is 106 Å². The van der Waals surface area contributed by atoms with Crippen LogP contribution >= 0.6 is 31.9 Å². The summed E-state index contributed by atoms with van der Waals surface area (Å²) in [4.78, 5) is 11.2. The van der Waals surface area contributed by atoms with Crippen LogP contribution in [-0.2, 0) is 16.1 Å².